The highest BCUT2D eigenvalue weighted by Crippen LogP contribution is 2.19. The van der Waals surface area contributed by atoms with E-state index >= 15 is 0 Å². The van der Waals surface area contributed by atoms with E-state index in [-0.39, 0.29) is 17.4 Å². The second-order valence-corrected chi connectivity index (χ2v) is 6.63. The molecule has 0 aromatic heterocycles. The zero-order valence-electron chi connectivity index (χ0n) is 14.6. The summed E-state index contributed by atoms with van der Waals surface area (Å²) in [6.07, 6.45) is 0. The topological polar surface area (TPSA) is 39.7 Å². The van der Waals surface area contributed by atoms with Crippen LogP contribution in [0.5, 0.6) is 0 Å². The summed E-state index contributed by atoms with van der Waals surface area (Å²) >= 11 is 0. The van der Waals surface area contributed by atoms with Crippen molar-refractivity contribution in [1.82, 2.24) is 15.5 Å². The fourth-order valence-corrected chi connectivity index (χ4v) is 2.09. The van der Waals surface area contributed by atoms with Crippen molar-refractivity contribution in [2.75, 3.05) is 27.2 Å². The van der Waals surface area contributed by atoms with Gasteiger partial charge in [-0.05, 0) is 59.5 Å². The van der Waals surface area contributed by atoms with Crippen LogP contribution in [0.4, 0.5) is 4.39 Å². The lowest BCUT2D eigenvalue weighted by Gasteiger charge is -2.26. The Bertz CT molecular complexity index is 474. The van der Waals surface area contributed by atoms with Crippen molar-refractivity contribution in [3.8, 4) is 0 Å². The normalized spacial score (nSPS) is 14.1. The van der Waals surface area contributed by atoms with Gasteiger partial charge in [0.25, 0.3) is 0 Å². The van der Waals surface area contributed by atoms with Gasteiger partial charge in [-0.3, -0.25) is 4.99 Å². The quantitative estimate of drug-likeness (QED) is 0.649. The monoisotopic (exact) mass is 308 g/mol. The van der Waals surface area contributed by atoms with Crippen LogP contribution in [0.1, 0.15) is 39.3 Å². The predicted octanol–water partition coefficient (Wildman–Crippen LogP) is 2.78. The smallest absolute Gasteiger partial charge is 0.191 e. The molecule has 5 heteroatoms. The molecule has 0 saturated carbocycles. The number of nitrogens with zero attached hydrogens (tertiary/aromatic N) is 2. The third-order valence-electron chi connectivity index (χ3n) is 3.14. The standard InChI is InChI=1S/C17H29FN4/c1-7-19-16(21-17(2,3)4)20-12-15(22(5)6)13-8-10-14(18)11-9-13/h8-11,15H,7,12H2,1-6H3,(H2,19,20,21). The van der Waals surface area contributed by atoms with Crippen molar-refractivity contribution in [2.24, 2.45) is 4.99 Å². The third-order valence-corrected chi connectivity index (χ3v) is 3.14. The molecule has 0 radical (unpaired) electrons. The first-order chi connectivity index (χ1) is 10.2. The van der Waals surface area contributed by atoms with E-state index < -0.39 is 0 Å². The van der Waals surface area contributed by atoms with Crippen LogP contribution in [0.2, 0.25) is 0 Å². The number of likely N-dealkylation sites (N-methyl/N-ethyl adjacent to an activating group) is 1. The first kappa shape index (κ1) is 18.4. The Labute approximate surface area is 133 Å². The minimum atomic E-state index is -0.215. The molecule has 0 amide bonds. The Morgan fingerprint density at radius 2 is 1.82 bits per heavy atom. The van der Waals surface area contributed by atoms with Crippen LogP contribution in [0.3, 0.4) is 0 Å². The first-order valence-corrected chi connectivity index (χ1v) is 7.71. The summed E-state index contributed by atoms with van der Waals surface area (Å²) in [6.45, 7) is 9.76. The van der Waals surface area contributed by atoms with E-state index in [9.17, 15) is 4.39 Å². The molecule has 1 aromatic rings. The molecule has 0 saturated heterocycles. The summed E-state index contributed by atoms with van der Waals surface area (Å²) in [6, 6.07) is 6.73. The fraction of sp³-hybridized carbons (Fsp3) is 0.588. The summed E-state index contributed by atoms with van der Waals surface area (Å²) in [5.74, 6) is 0.580. The van der Waals surface area contributed by atoms with Crippen molar-refractivity contribution >= 4 is 5.96 Å². The number of nitrogens with one attached hydrogen (secondary N) is 2. The maximum atomic E-state index is 13.1. The molecule has 0 fully saturated rings. The highest BCUT2D eigenvalue weighted by molar-refractivity contribution is 5.80. The average Bonchev–Trinajstić information content (AvgIpc) is 2.39. The third kappa shape index (κ3) is 6.43. The lowest BCUT2D eigenvalue weighted by molar-refractivity contribution is 0.306. The van der Waals surface area contributed by atoms with Crippen molar-refractivity contribution in [1.29, 1.82) is 0 Å². The highest BCUT2D eigenvalue weighted by Gasteiger charge is 2.16. The lowest BCUT2D eigenvalue weighted by atomic mass is 10.1. The van der Waals surface area contributed by atoms with Crippen LogP contribution in [0, 0.1) is 5.82 Å². The average molecular weight is 308 g/mol. The summed E-state index contributed by atoms with van der Waals surface area (Å²) in [4.78, 5) is 6.77. The van der Waals surface area contributed by atoms with Crippen LogP contribution in [-0.4, -0.2) is 43.6 Å². The van der Waals surface area contributed by atoms with Gasteiger partial charge in [0.15, 0.2) is 5.96 Å². The van der Waals surface area contributed by atoms with E-state index in [1.807, 2.05) is 33.2 Å². The second kappa shape index (κ2) is 8.13. The van der Waals surface area contributed by atoms with Crippen LogP contribution < -0.4 is 10.6 Å². The van der Waals surface area contributed by atoms with Gasteiger partial charge in [-0.1, -0.05) is 12.1 Å². The van der Waals surface area contributed by atoms with E-state index in [0.29, 0.717) is 6.54 Å². The number of hydrogen-bond donors (Lipinski definition) is 2. The van der Waals surface area contributed by atoms with Gasteiger partial charge in [0.2, 0.25) is 0 Å². The molecule has 0 spiro atoms. The lowest BCUT2D eigenvalue weighted by Crippen LogP contribution is -2.47. The van der Waals surface area contributed by atoms with Gasteiger partial charge >= 0.3 is 0 Å². The molecule has 4 nitrogen and oxygen atoms in total. The molecular formula is C17H29FN4. The number of benzene rings is 1. The zero-order chi connectivity index (χ0) is 16.8. The van der Waals surface area contributed by atoms with Crippen LogP contribution >= 0.6 is 0 Å². The van der Waals surface area contributed by atoms with Gasteiger partial charge in [0.05, 0.1) is 12.6 Å². The molecular weight excluding hydrogens is 279 g/mol. The van der Waals surface area contributed by atoms with E-state index in [0.717, 1.165) is 18.1 Å². The van der Waals surface area contributed by atoms with Crippen molar-refractivity contribution < 1.29 is 4.39 Å². The number of guanidine groups is 1. The van der Waals surface area contributed by atoms with E-state index in [1.54, 1.807) is 0 Å². The molecule has 1 aromatic carbocycles. The maximum Gasteiger partial charge on any atom is 0.191 e. The Hall–Kier alpha value is -1.62. The second-order valence-electron chi connectivity index (χ2n) is 6.63. The molecule has 1 rings (SSSR count). The van der Waals surface area contributed by atoms with Gasteiger partial charge in [-0.25, -0.2) is 4.39 Å². The molecule has 124 valence electrons. The fourth-order valence-electron chi connectivity index (χ4n) is 2.09. The Morgan fingerprint density at radius 3 is 2.27 bits per heavy atom. The molecule has 0 bridgehead atoms. The molecule has 0 aliphatic heterocycles. The number of rotatable bonds is 5. The van der Waals surface area contributed by atoms with Crippen LogP contribution in [0.25, 0.3) is 0 Å². The molecule has 0 aliphatic rings. The van der Waals surface area contributed by atoms with Gasteiger partial charge in [0.1, 0.15) is 5.82 Å². The Morgan fingerprint density at radius 1 is 1.23 bits per heavy atom. The van der Waals surface area contributed by atoms with E-state index in [2.05, 4.69) is 41.3 Å². The van der Waals surface area contributed by atoms with Crippen molar-refractivity contribution in [3.63, 3.8) is 0 Å². The number of hydrogen-bond acceptors (Lipinski definition) is 2. The first-order valence-electron chi connectivity index (χ1n) is 7.71. The predicted molar refractivity (Wildman–Crippen MR) is 91.7 cm³/mol. The molecule has 0 heterocycles. The highest BCUT2D eigenvalue weighted by atomic mass is 19.1. The SMILES string of the molecule is CCNC(=NCC(c1ccc(F)cc1)N(C)C)NC(C)(C)C. The van der Waals surface area contributed by atoms with Gasteiger partial charge < -0.3 is 15.5 Å². The van der Waals surface area contributed by atoms with Gasteiger partial charge in [-0.2, -0.15) is 0 Å². The number of aliphatic imine (C=N–C) groups is 1. The van der Waals surface area contributed by atoms with Gasteiger partial charge in [0, 0.05) is 12.1 Å². The molecule has 0 aliphatic carbocycles. The Kier molecular flexibility index (Phi) is 6.81. The molecule has 1 unspecified atom stereocenters. The minimum absolute atomic E-state index is 0.0511. The maximum absolute atomic E-state index is 13.1. The summed E-state index contributed by atoms with van der Waals surface area (Å²) in [7, 11) is 4.02. The van der Waals surface area contributed by atoms with Crippen molar-refractivity contribution in [2.45, 2.75) is 39.3 Å². The van der Waals surface area contributed by atoms with E-state index in [1.165, 1.54) is 12.1 Å². The van der Waals surface area contributed by atoms with Crippen LogP contribution in [0.15, 0.2) is 29.3 Å². The summed E-state index contributed by atoms with van der Waals surface area (Å²) < 4.78 is 13.1. The van der Waals surface area contributed by atoms with Crippen molar-refractivity contribution in [3.05, 3.63) is 35.6 Å². The number of halogens is 1. The molecule has 22 heavy (non-hydrogen) atoms. The largest absolute Gasteiger partial charge is 0.357 e. The Balaban J connectivity index is 2.88. The van der Waals surface area contributed by atoms with Gasteiger partial charge in [-0.15, -0.1) is 0 Å². The summed E-state index contributed by atoms with van der Waals surface area (Å²) in [5, 5.41) is 6.63. The van der Waals surface area contributed by atoms with Crippen LogP contribution in [-0.2, 0) is 0 Å². The zero-order valence-corrected chi connectivity index (χ0v) is 14.6. The van der Waals surface area contributed by atoms with E-state index in [4.69, 9.17) is 0 Å². The molecule has 2 N–H and O–H groups in total. The molecule has 1 atom stereocenters. The summed E-state index contributed by atoms with van der Waals surface area (Å²) in [5.41, 5.74) is 1.01. The minimum Gasteiger partial charge on any atom is -0.357 e.